The summed E-state index contributed by atoms with van der Waals surface area (Å²) < 4.78 is 2.99. The van der Waals surface area contributed by atoms with Gasteiger partial charge in [0, 0.05) is 0 Å². The molecule has 59 heavy (non-hydrogen) atoms. The van der Waals surface area contributed by atoms with Crippen LogP contribution in [0, 0.1) is 49.7 Å². The van der Waals surface area contributed by atoms with E-state index in [0.717, 1.165) is 0 Å². The van der Waals surface area contributed by atoms with Crippen molar-refractivity contribution in [3.63, 3.8) is 0 Å². The molecule has 0 fully saturated rings. The number of carboxylic acid groups (broad SMARTS) is 1. The zero-order valence-electron chi connectivity index (χ0n) is 37.5. The number of imidazole rings is 1. The van der Waals surface area contributed by atoms with Crippen molar-refractivity contribution in [3.05, 3.63) is 166 Å². The molecule has 5 rings (SSSR count). The Kier molecular flexibility index (Phi) is 52.1. The van der Waals surface area contributed by atoms with E-state index in [0.29, 0.717) is 17.8 Å². The number of aromatic nitrogens is 2. The first-order valence-electron chi connectivity index (χ1n) is 17.2. The second-order valence-electron chi connectivity index (χ2n) is 13.2. The van der Waals surface area contributed by atoms with Gasteiger partial charge in [-0.15, -0.1) is 0 Å². The fraction of sp³-hybridized carbons (Fsp3) is 0.364. The second kappa shape index (κ2) is 43.9. The quantitative estimate of drug-likeness (QED) is 0.116. The van der Waals surface area contributed by atoms with Crippen molar-refractivity contribution >= 4 is 64.1 Å². The average Bonchev–Trinajstić information content (AvgIpc) is 3.68. The van der Waals surface area contributed by atoms with E-state index in [9.17, 15) is 9.90 Å². The molecule has 0 radical (unpaired) electrons. The van der Waals surface area contributed by atoms with Crippen LogP contribution in [0.1, 0.15) is 103 Å². The van der Waals surface area contributed by atoms with Crippen LogP contribution in [-0.2, 0) is 59.5 Å². The van der Waals surface area contributed by atoms with Gasteiger partial charge in [0.25, 0.3) is 0 Å². The number of benzene rings is 3. The number of hydrogen-bond acceptors (Lipinski definition) is 4. The van der Waals surface area contributed by atoms with Crippen LogP contribution in [0.5, 0.6) is 0 Å². The molecule has 0 saturated heterocycles. The van der Waals surface area contributed by atoms with Gasteiger partial charge in [0.15, 0.2) is 5.97 Å². The van der Waals surface area contributed by atoms with Gasteiger partial charge in [-0.25, -0.2) is 9.13 Å². The summed E-state index contributed by atoms with van der Waals surface area (Å²) in [6.07, 6.45) is 7.32. The van der Waals surface area contributed by atoms with Crippen LogP contribution in [0.25, 0.3) is 0 Å². The second-order valence-corrected chi connectivity index (χ2v) is 21.1. The van der Waals surface area contributed by atoms with Gasteiger partial charge in [-0.05, 0) is 81.7 Å². The molecule has 15 heteroatoms. The van der Waals surface area contributed by atoms with Gasteiger partial charge in [-0.1, -0.05) is 131 Å². The Balaban J connectivity index is -0.000000140. The fourth-order valence-corrected chi connectivity index (χ4v) is 4.31. The summed E-state index contributed by atoms with van der Waals surface area (Å²) >= 11 is -1.04. The average molecular weight is 1200 g/mol. The molecule has 0 bridgehead atoms. The Morgan fingerprint density at radius 1 is 0.627 bits per heavy atom. The maximum atomic E-state index is 10.4. The van der Waals surface area contributed by atoms with E-state index in [1.54, 1.807) is 26.5 Å². The molecule has 0 N–H and O–H groups in total. The molecule has 0 atom stereocenters. The van der Waals surface area contributed by atoms with Gasteiger partial charge in [-0.2, -0.15) is 6.67 Å². The van der Waals surface area contributed by atoms with Gasteiger partial charge in [-0.3, -0.25) is 0 Å². The molecule has 0 saturated carbocycles. The molecule has 0 amide bonds. The van der Waals surface area contributed by atoms with Crippen LogP contribution < -0.4 is 9.67 Å². The van der Waals surface area contributed by atoms with Crippen LogP contribution in [0.2, 0.25) is 0 Å². The third-order valence-electron chi connectivity index (χ3n) is 7.50. The standard InChI is InChI=1S/3C10H14.C6H8N2O2.C5H9N2.3CH3.6ClH.3Ru/c3*1-8(2)10-6-4-9(3)5-7-10;1-7-3-4-8(2)5(7)6(9)10;1-6-3-4-7(2)5-6;;;;;;;;;;;;/h3*4-8H,1-3H3;3-4H,1-2H3;3-5H,1-2H3;3*1H3;6*1H;;;/q;;;;4*-1;;;;;;;2*+2;+4/p-6. The summed E-state index contributed by atoms with van der Waals surface area (Å²) in [6.45, 7) is 21.6. The molecule has 4 aromatic rings. The summed E-state index contributed by atoms with van der Waals surface area (Å²) in [5.41, 5.74) is 8.28. The molecular formula is C44H68Cl6N4O2Ru3-2. The molecule has 1 aromatic heterocycles. The van der Waals surface area contributed by atoms with E-state index < -0.39 is 5.97 Å². The van der Waals surface area contributed by atoms with Crippen molar-refractivity contribution in [2.75, 3.05) is 14.1 Å². The molecule has 1 aliphatic heterocycles. The summed E-state index contributed by atoms with van der Waals surface area (Å²) in [4.78, 5) is 14.4. The first-order valence-corrected chi connectivity index (χ1v) is 30.6. The first kappa shape index (κ1) is 70.0. The summed E-state index contributed by atoms with van der Waals surface area (Å²) in [7, 11) is 36.4. The van der Waals surface area contributed by atoms with E-state index in [4.69, 9.17) is 58.1 Å². The van der Waals surface area contributed by atoms with Crippen LogP contribution in [0.4, 0.5) is 0 Å². The van der Waals surface area contributed by atoms with Crippen LogP contribution in [0.3, 0.4) is 0 Å². The molecule has 3 aromatic carbocycles. The third kappa shape index (κ3) is 38.7. The van der Waals surface area contributed by atoms with Crippen molar-refractivity contribution in [3.8, 4) is 0 Å². The van der Waals surface area contributed by atoms with E-state index in [1.165, 1.54) is 42.5 Å². The van der Waals surface area contributed by atoms with Gasteiger partial charge in [0.05, 0.1) is 14.1 Å². The SMILES string of the molecule is CN1C=CN(C)[CH-]1.Cc1ccc(C(C)C)cc1.Cc1ccc(C(C)C)cc1.Cc1ccc(C(C)C)cc1.Cn1cc[n+](C)c1C(=O)[O-].[CH3-].[CH3-].[CH3-].[Cl][Ru+2][Cl].[Cl][Ru][Cl].[Cl][Ru][Cl]. The molecule has 6 nitrogen and oxygen atoms in total. The van der Waals surface area contributed by atoms with Crippen molar-refractivity contribution < 1.29 is 59.9 Å². The first-order chi connectivity index (χ1) is 26.3. The predicted molar refractivity (Wildman–Crippen MR) is 250 cm³/mol. The maximum absolute atomic E-state index is 10.4. The monoisotopic (exact) mass is 1200 g/mol. The zero-order chi connectivity index (χ0) is 43.8. The topological polar surface area (TPSA) is 55.4 Å². The molecule has 0 spiro atoms. The third-order valence-corrected chi connectivity index (χ3v) is 7.50. The minimum atomic E-state index is -1.16. The summed E-state index contributed by atoms with van der Waals surface area (Å²) in [5.74, 6) is 0.969. The number of carbonyl (C=O) groups is 1. The Bertz CT molecular complexity index is 1410. The molecular weight excluding hydrogens is 1130 g/mol. The van der Waals surface area contributed by atoms with Crippen LogP contribution in [0.15, 0.2) is 97.6 Å². The Labute approximate surface area is 408 Å². The normalized spacial score (nSPS) is 10.3. The number of nitrogens with zero attached hydrogens (tertiary/aromatic N) is 4. The Hall–Kier alpha value is -0.710. The van der Waals surface area contributed by atoms with Gasteiger partial charge in [0.2, 0.25) is 0 Å². The fourth-order valence-electron chi connectivity index (χ4n) is 4.31. The molecule has 0 unspecified atom stereocenters. The number of aryl methyl sites for hydroxylation is 5. The van der Waals surface area contributed by atoms with E-state index in [2.05, 4.69) is 135 Å². The van der Waals surface area contributed by atoms with E-state index in [1.807, 2.05) is 43.0 Å². The molecule has 1 aliphatic rings. The van der Waals surface area contributed by atoms with Gasteiger partial charge < -0.3 is 42.0 Å². The predicted octanol–water partition coefficient (Wildman–Crippen LogP) is 13.5. The van der Waals surface area contributed by atoms with Crippen molar-refractivity contribution in [2.24, 2.45) is 14.1 Å². The number of halogens is 6. The summed E-state index contributed by atoms with van der Waals surface area (Å²) in [5, 5.41) is 10.4. The molecule has 2 heterocycles. The van der Waals surface area contributed by atoms with Crippen molar-refractivity contribution in [1.82, 2.24) is 14.4 Å². The van der Waals surface area contributed by atoms with Crippen molar-refractivity contribution in [2.45, 2.75) is 80.1 Å². The Morgan fingerprint density at radius 2 is 0.864 bits per heavy atom. The summed E-state index contributed by atoms with van der Waals surface area (Å²) in [6, 6.07) is 26.1. The van der Waals surface area contributed by atoms with Crippen LogP contribution in [-0.4, -0.2) is 34.4 Å². The number of carbonyl (C=O) groups excluding carboxylic acids is 1. The van der Waals surface area contributed by atoms with E-state index in [-0.39, 0.29) is 73.5 Å². The van der Waals surface area contributed by atoms with Gasteiger partial charge in [0.1, 0.15) is 12.4 Å². The van der Waals surface area contributed by atoms with Crippen molar-refractivity contribution in [1.29, 1.82) is 0 Å². The molecule has 344 valence electrons. The number of aromatic carboxylic acids is 1. The van der Waals surface area contributed by atoms with Gasteiger partial charge >= 0.3 is 109 Å². The number of hydrogen-bond donors (Lipinski definition) is 0. The zero-order valence-corrected chi connectivity index (χ0v) is 47.2. The molecule has 0 aliphatic carbocycles. The number of carboxylic acids is 1. The number of rotatable bonds is 4. The van der Waals surface area contributed by atoms with Crippen LogP contribution >= 0.6 is 58.1 Å². The minimum absolute atomic E-state index is 0. The van der Waals surface area contributed by atoms with E-state index >= 15 is 0 Å². The Morgan fingerprint density at radius 3 is 0.983 bits per heavy atom.